The number of para-hydroxylation sites is 2. The number of hydrogen-bond acceptors (Lipinski definition) is 4. The van der Waals surface area contributed by atoms with E-state index in [1.807, 2.05) is 26.8 Å². The lowest BCUT2D eigenvalue weighted by molar-refractivity contribution is 0.0522. The average Bonchev–Trinajstić information content (AvgIpc) is 3.11. The van der Waals surface area contributed by atoms with Crippen LogP contribution in [0.2, 0.25) is 0 Å². The van der Waals surface area contributed by atoms with Crippen molar-refractivity contribution in [3.63, 3.8) is 0 Å². The van der Waals surface area contributed by atoms with Crippen LogP contribution in [0, 0.1) is 6.92 Å². The Bertz CT molecular complexity index is 1070. The lowest BCUT2D eigenvalue weighted by Crippen LogP contribution is -2.48. The highest BCUT2D eigenvalue weighted by molar-refractivity contribution is 5.79. The van der Waals surface area contributed by atoms with Crippen LogP contribution in [-0.4, -0.2) is 40.4 Å². The number of aromatic nitrogens is 2. The molecule has 170 valence electrons. The highest BCUT2D eigenvalue weighted by Gasteiger charge is 2.28. The summed E-state index contributed by atoms with van der Waals surface area (Å²) in [5.41, 5.74) is 4.14. The Morgan fingerprint density at radius 2 is 1.88 bits per heavy atom. The molecule has 1 saturated heterocycles. The Kier molecular flexibility index (Phi) is 6.40. The maximum Gasteiger partial charge on any atom is 0.407 e. The van der Waals surface area contributed by atoms with E-state index >= 15 is 0 Å². The van der Waals surface area contributed by atoms with E-state index < -0.39 is 5.60 Å². The minimum atomic E-state index is -0.502. The molecule has 6 nitrogen and oxygen atoms in total. The van der Waals surface area contributed by atoms with E-state index in [1.165, 1.54) is 11.1 Å². The minimum Gasteiger partial charge on any atom is -0.444 e. The molecule has 3 aromatic rings. The standard InChI is InChI=1S/C26H34N4O2/c1-19-12-14-20(15-13-19)18-30-23-11-6-5-10-22(23)28-24(30)29-16-8-7-9-21(29)17-27-25(31)32-26(2,3)4/h5-6,10-15,21H,7-9,16-18H2,1-4H3,(H,27,31)/t21-/m1/s1. The normalized spacial score (nSPS) is 16.9. The quantitative estimate of drug-likeness (QED) is 0.594. The maximum atomic E-state index is 12.2. The van der Waals surface area contributed by atoms with Gasteiger partial charge in [-0.3, -0.25) is 0 Å². The van der Waals surface area contributed by atoms with Gasteiger partial charge in [0, 0.05) is 19.1 Å². The van der Waals surface area contributed by atoms with Gasteiger partial charge in [-0.25, -0.2) is 9.78 Å². The largest absolute Gasteiger partial charge is 0.444 e. The number of benzene rings is 2. The molecule has 1 aliphatic rings. The lowest BCUT2D eigenvalue weighted by Gasteiger charge is -2.37. The Morgan fingerprint density at radius 1 is 1.12 bits per heavy atom. The second-order valence-corrected chi connectivity index (χ2v) is 9.70. The van der Waals surface area contributed by atoms with Gasteiger partial charge in [0.25, 0.3) is 0 Å². The van der Waals surface area contributed by atoms with Crippen LogP contribution in [0.4, 0.5) is 10.7 Å². The molecule has 32 heavy (non-hydrogen) atoms. The Labute approximate surface area is 190 Å². The van der Waals surface area contributed by atoms with E-state index in [-0.39, 0.29) is 12.1 Å². The van der Waals surface area contributed by atoms with Gasteiger partial charge in [-0.05, 0) is 64.7 Å². The molecule has 1 aliphatic heterocycles. The average molecular weight is 435 g/mol. The number of alkyl carbamates (subject to hydrolysis) is 1. The van der Waals surface area contributed by atoms with Gasteiger partial charge in [0.1, 0.15) is 5.60 Å². The van der Waals surface area contributed by atoms with E-state index in [0.29, 0.717) is 6.54 Å². The summed E-state index contributed by atoms with van der Waals surface area (Å²) in [4.78, 5) is 19.7. The summed E-state index contributed by atoms with van der Waals surface area (Å²) in [5.74, 6) is 0.975. The number of imidazole rings is 1. The van der Waals surface area contributed by atoms with Crippen molar-refractivity contribution in [2.75, 3.05) is 18.0 Å². The number of hydrogen-bond donors (Lipinski definition) is 1. The zero-order valence-electron chi connectivity index (χ0n) is 19.6. The molecule has 0 bridgehead atoms. The van der Waals surface area contributed by atoms with Gasteiger partial charge in [0.05, 0.1) is 17.6 Å². The third kappa shape index (κ3) is 5.23. The van der Waals surface area contributed by atoms with E-state index in [2.05, 4.69) is 64.2 Å². The van der Waals surface area contributed by atoms with Crippen LogP contribution in [0.1, 0.15) is 51.2 Å². The van der Waals surface area contributed by atoms with Crippen molar-refractivity contribution < 1.29 is 9.53 Å². The van der Waals surface area contributed by atoms with Crippen molar-refractivity contribution in [2.24, 2.45) is 0 Å². The third-order valence-corrected chi connectivity index (χ3v) is 5.86. The fourth-order valence-electron chi connectivity index (χ4n) is 4.31. The first kappa shape index (κ1) is 22.2. The summed E-state index contributed by atoms with van der Waals surface area (Å²) >= 11 is 0. The first-order chi connectivity index (χ1) is 15.3. The fraction of sp³-hybridized carbons (Fsp3) is 0.462. The van der Waals surface area contributed by atoms with Gasteiger partial charge < -0.3 is 19.5 Å². The predicted octanol–water partition coefficient (Wildman–Crippen LogP) is 5.28. The maximum absolute atomic E-state index is 12.2. The number of anilines is 1. The molecule has 0 unspecified atom stereocenters. The summed E-state index contributed by atoms with van der Waals surface area (Å²) in [6, 6.07) is 17.2. The van der Waals surface area contributed by atoms with Crippen LogP contribution in [-0.2, 0) is 11.3 Å². The molecule has 1 amide bonds. The number of carbonyl (C=O) groups excluding carboxylic acids is 1. The molecular weight excluding hydrogens is 400 g/mol. The zero-order chi connectivity index (χ0) is 22.7. The van der Waals surface area contributed by atoms with Crippen molar-refractivity contribution in [3.8, 4) is 0 Å². The summed E-state index contributed by atoms with van der Waals surface area (Å²) < 4.78 is 7.75. The van der Waals surface area contributed by atoms with Gasteiger partial charge in [-0.2, -0.15) is 0 Å². The van der Waals surface area contributed by atoms with Gasteiger partial charge in [-0.15, -0.1) is 0 Å². The number of piperidine rings is 1. The molecule has 1 N–H and O–H groups in total. The Morgan fingerprint density at radius 3 is 2.62 bits per heavy atom. The Balaban J connectivity index is 1.61. The van der Waals surface area contributed by atoms with Crippen LogP contribution < -0.4 is 10.2 Å². The molecule has 2 heterocycles. The number of amides is 1. The number of nitrogens with zero attached hydrogens (tertiary/aromatic N) is 3. The van der Waals surface area contributed by atoms with Gasteiger partial charge in [0.15, 0.2) is 0 Å². The molecule has 4 rings (SSSR count). The number of nitrogens with one attached hydrogen (secondary N) is 1. The van der Waals surface area contributed by atoms with E-state index in [1.54, 1.807) is 0 Å². The molecular formula is C26H34N4O2. The topological polar surface area (TPSA) is 59.4 Å². The number of ether oxygens (including phenoxy) is 1. The smallest absolute Gasteiger partial charge is 0.407 e. The van der Waals surface area contributed by atoms with Crippen molar-refractivity contribution in [3.05, 3.63) is 59.7 Å². The molecule has 0 radical (unpaired) electrons. The van der Waals surface area contributed by atoms with Crippen LogP contribution in [0.5, 0.6) is 0 Å². The zero-order valence-corrected chi connectivity index (χ0v) is 19.6. The molecule has 0 aliphatic carbocycles. The van der Waals surface area contributed by atoms with Crippen LogP contribution in [0.15, 0.2) is 48.5 Å². The monoisotopic (exact) mass is 434 g/mol. The van der Waals surface area contributed by atoms with Gasteiger partial charge in [0.2, 0.25) is 5.95 Å². The summed E-state index contributed by atoms with van der Waals surface area (Å²) in [6.07, 6.45) is 2.92. The lowest BCUT2D eigenvalue weighted by atomic mass is 10.0. The summed E-state index contributed by atoms with van der Waals surface area (Å²) in [5, 5.41) is 2.98. The first-order valence-electron chi connectivity index (χ1n) is 11.5. The molecule has 2 aromatic carbocycles. The van der Waals surface area contributed by atoms with Gasteiger partial charge in [-0.1, -0.05) is 42.0 Å². The SMILES string of the molecule is Cc1ccc(Cn2c(N3CCCC[C@@H]3CNC(=O)OC(C)(C)C)nc3ccccc32)cc1. The highest BCUT2D eigenvalue weighted by atomic mass is 16.6. The molecule has 0 spiro atoms. The summed E-state index contributed by atoms with van der Waals surface area (Å²) in [6.45, 7) is 9.99. The molecule has 1 atom stereocenters. The van der Waals surface area contributed by atoms with Crippen molar-refractivity contribution in [1.29, 1.82) is 0 Å². The number of aryl methyl sites for hydroxylation is 1. The molecule has 1 fully saturated rings. The van der Waals surface area contributed by atoms with Crippen molar-refractivity contribution in [1.82, 2.24) is 14.9 Å². The third-order valence-electron chi connectivity index (χ3n) is 5.86. The minimum absolute atomic E-state index is 0.185. The van der Waals surface area contributed by atoms with E-state index in [4.69, 9.17) is 9.72 Å². The number of fused-ring (bicyclic) bond motifs is 1. The second kappa shape index (κ2) is 9.23. The van der Waals surface area contributed by atoms with Crippen molar-refractivity contribution >= 4 is 23.1 Å². The van der Waals surface area contributed by atoms with Crippen LogP contribution in [0.3, 0.4) is 0 Å². The molecule has 1 aromatic heterocycles. The van der Waals surface area contributed by atoms with Crippen molar-refractivity contribution in [2.45, 2.75) is 65.1 Å². The summed E-state index contributed by atoms with van der Waals surface area (Å²) in [7, 11) is 0. The molecule has 6 heteroatoms. The Hall–Kier alpha value is -3.02. The van der Waals surface area contributed by atoms with Crippen LogP contribution >= 0.6 is 0 Å². The highest BCUT2D eigenvalue weighted by Crippen LogP contribution is 2.29. The van der Waals surface area contributed by atoms with Gasteiger partial charge >= 0.3 is 6.09 Å². The molecule has 0 saturated carbocycles. The van der Waals surface area contributed by atoms with E-state index in [0.717, 1.165) is 49.3 Å². The number of carbonyl (C=O) groups is 1. The first-order valence-corrected chi connectivity index (χ1v) is 11.5. The fourth-order valence-corrected chi connectivity index (χ4v) is 4.31. The van der Waals surface area contributed by atoms with Crippen LogP contribution in [0.25, 0.3) is 11.0 Å². The van der Waals surface area contributed by atoms with E-state index in [9.17, 15) is 4.79 Å². The predicted molar refractivity (Wildman–Crippen MR) is 129 cm³/mol. The number of rotatable bonds is 5. The second-order valence-electron chi connectivity index (χ2n) is 9.70.